The molecular formula is C66H72N14O7. The number of rotatable bonds is 15. The summed E-state index contributed by atoms with van der Waals surface area (Å²) < 4.78 is 10.9. The number of morpholine rings is 2. The van der Waals surface area contributed by atoms with Gasteiger partial charge in [0.15, 0.2) is 0 Å². The van der Waals surface area contributed by atoms with Gasteiger partial charge in [-0.1, -0.05) is 60.4 Å². The van der Waals surface area contributed by atoms with Crippen LogP contribution in [0.15, 0.2) is 110 Å². The molecule has 4 saturated heterocycles. The molecule has 87 heavy (non-hydrogen) atoms. The van der Waals surface area contributed by atoms with Crippen LogP contribution in [0.5, 0.6) is 0 Å². The van der Waals surface area contributed by atoms with Gasteiger partial charge in [-0.2, -0.15) is 0 Å². The number of aliphatic carboxylic acids is 1. The number of nitrogens with zero attached hydrogens (tertiary/aromatic N) is 10. The van der Waals surface area contributed by atoms with Crippen LogP contribution in [0, 0.1) is 35.5 Å². The number of benzene rings is 2. The van der Waals surface area contributed by atoms with Crippen LogP contribution in [0.4, 0.5) is 34.6 Å². The van der Waals surface area contributed by atoms with Crippen molar-refractivity contribution in [1.29, 1.82) is 0 Å². The molecule has 0 bridgehead atoms. The zero-order chi connectivity index (χ0) is 60.5. The lowest BCUT2D eigenvalue weighted by Gasteiger charge is -2.34. The van der Waals surface area contributed by atoms with E-state index in [2.05, 4.69) is 94.5 Å². The summed E-state index contributed by atoms with van der Waals surface area (Å²) in [6.45, 7) is 13.0. The molecule has 4 fully saturated rings. The van der Waals surface area contributed by atoms with Crippen LogP contribution >= 0.6 is 0 Å². The van der Waals surface area contributed by atoms with Gasteiger partial charge in [0.2, 0.25) is 17.5 Å². The number of amides is 1. The van der Waals surface area contributed by atoms with Gasteiger partial charge in [-0.05, 0) is 110 Å². The second-order valence-electron chi connectivity index (χ2n) is 21.9. The van der Waals surface area contributed by atoms with E-state index in [1.807, 2.05) is 78.9 Å². The third kappa shape index (κ3) is 16.4. The Hall–Kier alpha value is -9.70. The maximum atomic E-state index is 12.9. The van der Waals surface area contributed by atoms with E-state index in [1.54, 1.807) is 38.9 Å². The molecule has 0 unspecified atom stereocenters. The molecule has 6 aromatic heterocycles. The van der Waals surface area contributed by atoms with Crippen molar-refractivity contribution >= 4 is 80.2 Å². The van der Waals surface area contributed by atoms with Crippen molar-refractivity contribution in [2.45, 2.75) is 65.2 Å². The van der Waals surface area contributed by atoms with Crippen molar-refractivity contribution < 1.29 is 33.8 Å². The monoisotopic (exact) mass is 1170 g/mol. The van der Waals surface area contributed by atoms with Gasteiger partial charge in [-0.25, -0.2) is 29.9 Å². The summed E-state index contributed by atoms with van der Waals surface area (Å²) in [5, 5.41) is 13.8. The van der Waals surface area contributed by atoms with Gasteiger partial charge in [-0.15, -0.1) is 0 Å². The molecule has 0 spiro atoms. The number of nitrogen functional groups attached to an aromatic ring is 1. The predicted molar refractivity (Wildman–Crippen MR) is 337 cm³/mol. The Morgan fingerprint density at radius 1 is 0.586 bits per heavy atom. The van der Waals surface area contributed by atoms with Crippen molar-refractivity contribution in [3.05, 3.63) is 121 Å². The van der Waals surface area contributed by atoms with Crippen LogP contribution in [0.1, 0.15) is 63.5 Å². The average molecular weight is 1170 g/mol. The normalized spacial score (nSPS) is 16.7. The molecule has 21 heteroatoms. The Morgan fingerprint density at radius 2 is 1.06 bits per heavy atom. The number of hydrogen-bond acceptors (Lipinski definition) is 17. The number of carboxylic acid groups (broad SMARTS) is 1. The lowest BCUT2D eigenvalue weighted by atomic mass is 9.92. The molecule has 2 atom stereocenters. The Balaban J connectivity index is 0.000000160. The predicted octanol–water partition coefficient (Wildman–Crippen LogP) is 8.19. The number of ketones is 2. The number of piperidine rings is 2. The van der Waals surface area contributed by atoms with Gasteiger partial charge in [0.05, 0.1) is 50.0 Å². The van der Waals surface area contributed by atoms with Gasteiger partial charge in [0.25, 0.3) is 0 Å². The van der Waals surface area contributed by atoms with Crippen LogP contribution in [0.2, 0.25) is 0 Å². The van der Waals surface area contributed by atoms with E-state index in [9.17, 15) is 19.2 Å². The quantitative estimate of drug-likeness (QED) is 0.0478. The summed E-state index contributed by atoms with van der Waals surface area (Å²) in [6, 6.07) is 27.3. The molecule has 4 aliphatic rings. The Bertz CT molecular complexity index is 3810. The fourth-order valence-corrected chi connectivity index (χ4v) is 11.5. The van der Waals surface area contributed by atoms with Crippen molar-refractivity contribution in [1.82, 2.24) is 39.9 Å². The van der Waals surface area contributed by atoms with Crippen molar-refractivity contribution in [3.63, 3.8) is 0 Å². The van der Waals surface area contributed by atoms with Gasteiger partial charge >= 0.3 is 5.97 Å². The maximum Gasteiger partial charge on any atom is 0.307 e. The van der Waals surface area contributed by atoms with Crippen LogP contribution in [0.3, 0.4) is 0 Å². The van der Waals surface area contributed by atoms with E-state index in [0.717, 1.165) is 157 Å². The average Bonchev–Trinajstić information content (AvgIpc) is 4.42. The zero-order valence-corrected chi connectivity index (χ0v) is 49.1. The number of nitrogens with one attached hydrogen (secondary N) is 3. The fourth-order valence-electron chi connectivity index (χ4n) is 11.5. The SMILES string of the molecule is CC#CC(=O)C[C@@H]1CCCN(c2ccnc(N)c2)C1.CC#CC(=O)C[C@@H]1CCCN(c2ccnc(NC(=O)Cc3ccc(-c4cc5c(N6CCOCC6)ncnc5[nH]4)cc3)c2)C1.O=C(O)Cc1ccc(-c2cc3c(N4CCOCC4)ncnc3[nH]2)cc1. The van der Waals surface area contributed by atoms with E-state index in [-0.39, 0.29) is 36.2 Å². The summed E-state index contributed by atoms with van der Waals surface area (Å²) in [5.74, 6) is 13.3. The van der Waals surface area contributed by atoms with E-state index in [4.69, 9.17) is 20.3 Å². The second kappa shape index (κ2) is 29.4. The molecule has 12 rings (SSSR count). The van der Waals surface area contributed by atoms with E-state index in [1.165, 1.54) is 0 Å². The highest BCUT2D eigenvalue weighted by molar-refractivity contribution is 5.97. The Kier molecular flexibility index (Phi) is 20.4. The molecule has 0 saturated carbocycles. The summed E-state index contributed by atoms with van der Waals surface area (Å²) >= 11 is 0. The molecule has 4 aliphatic heterocycles. The summed E-state index contributed by atoms with van der Waals surface area (Å²) in [7, 11) is 0. The van der Waals surface area contributed by atoms with E-state index < -0.39 is 5.97 Å². The largest absolute Gasteiger partial charge is 0.481 e. The first-order valence-corrected chi connectivity index (χ1v) is 29.6. The first-order chi connectivity index (χ1) is 42.4. The minimum Gasteiger partial charge on any atom is -0.481 e. The summed E-state index contributed by atoms with van der Waals surface area (Å²) in [5.41, 5.74) is 14.9. The number of carboxylic acids is 1. The van der Waals surface area contributed by atoms with Crippen molar-refractivity contribution in [2.75, 3.05) is 109 Å². The number of H-pyrrole nitrogens is 2. The van der Waals surface area contributed by atoms with Crippen LogP contribution in [0.25, 0.3) is 44.6 Å². The minimum absolute atomic E-state index is 0.00129. The molecule has 0 radical (unpaired) electrons. The highest BCUT2D eigenvalue weighted by Crippen LogP contribution is 2.33. The lowest BCUT2D eigenvalue weighted by molar-refractivity contribution is -0.136. The molecule has 6 N–H and O–H groups in total. The molecule has 21 nitrogen and oxygen atoms in total. The number of carbonyl (C=O) groups is 4. The standard InChI is InChI=1S/C33H35N7O3.C18H18N4O3.C15H19N3O/c1-2-4-27(41)17-24-5-3-12-40(21-24)26-10-11-34-30(19-26)38-31(42)18-23-6-8-25(9-7-23)29-20-28-32(37-29)35-22-36-33(28)39-13-15-43-16-14-39;23-16(24)9-12-1-3-13(4-2-12)15-10-14-17(21-15)19-11-20-18(14)22-5-7-25-8-6-22;1-2-4-14(19)9-12-5-3-8-18(11-12)13-6-7-17-15(16)10-13/h6-11,19-20,22,24H,3,5,12-18,21H2,1H3,(H,34,38,42)(H,35,36,37);1-4,10-11H,5-9H2,(H,23,24)(H,19,20,21);6-7,10,12H,3,5,8-9,11H2,1H3,(H2,16,17)/t24-;;12-/m0.0/s1. The number of hydrogen-bond donors (Lipinski definition) is 5. The molecule has 8 aromatic rings. The molecule has 2 aromatic carbocycles. The topological polar surface area (TPSA) is 267 Å². The van der Waals surface area contributed by atoms with Gasteiger partial charge < -0.3 is 55.2 Å². The summed E-state index contributed by atoms with van der Waals surface area (Å²) in [4.78, 5) is 89.2. The molecule has 1 amide bonds. The number of anilines is 6. The summed E-state index contributed by atoms with van der Waals surface area (Å²) in [6.07, 6.45) is 12.1. The lowest BCUT2D eigenvalue weighted by Crippen LogP contribution is -2.36. The first kappa shape index (κ1) is 60.4. The highest BCUT2D eigenvalue weighted by Gasteiger charge is 2.25. The smallest absolute Gasteiger partial charge is 0.307 e. The maximum absolute atomic E-state index is 12.9. The van der Waals surface area contributed by atoms with Gasteiger partial charge in [0.1, 0.15) is 47.2 Å². The number of aromatic amines is 2. The molecule has 10 heterocycles. The first-order valence-electron chi connectivity index (χ1n) is 29.6. The number of Topliss-reactive ketones (excluding diaryl/α,β-unsaturated/α-hetero) is 2. The number of pyridine rings is 2. The Morgan fingerprint density at radius 3 is 1.53 bits per heavy atom. The number of aromatic nitrogens is 8. The number of nitrogens with two attached hydrogens (primary N) is 1. The zero-order valence-electron chi connectivity index (χ0n) is 49.1. The minimum atomic E-state index is -0.830. The van der Waals surface area contributed by atoms with E-state index in [0.29, 0.717) is 56.8 Å². The van der Waals surface area contributed by atoms with Crippen LogP contribution in [-0.4, -0.2) is 147 Å². The third-order valence-electron chi connectivity index (χ3n) is 15.7. The molecular weight excluding hydrogens is 1100 g/mol. The Labute approximate surface area is 505 Å². The number of fused-ring (bicyclic) bond motifs is 2. The second-order valence-corrected chi connectivity index (χ2v) is 21.9. The fraction of sp³-hybridized carbons (Fsp3) is 0.364. The highest BCUT2D eigenvalue weighted by atomic mass is 16.5. The third-order valence-corrected chi connectivity index (χ3v) is 15.7. The van der Waals surface area contributed by atoms with Gasteiger partial charge in [-0.3, -0.25) is 19.2 Å². The number of carbonyl (C=O) groups excluding carboxylic acids is 3. The molecule has 448 valence electrons. The van der Waals surface area contributed by atoms with Crippen molar-refractivity contribution in [2.24, 2.45) is 11.8 Å². The number of ether oxygens (including phenoxy) is 2. The van der Waals surface area contributed by atoms with Crippen LogP contribution < -0.4 is 30.7 Å². The van der Waals surface area contributed by atoms with E-state index >= 15 is 0 Å². The van der Waals surface area contributed by atoms with Crippen molar-refractivity contribution in [3.8, 4) is 46.2 Å². The molecule has 0 aliphatic carbocycles. The van der Waals surface area contributed by atoms with Crippen LogP contribution in [-0.2, 0) is 41.5 Å². The van der Waals surface area contributed by atoms with Gasteiger partial charge in [0, 0.05) is 112 Å².